The van der Waals surface area contributed by atoms with Crippen LogP contribution in [0.4, 0.5) is 15.8 Å². The summed E-state index contributed by atoms with van der Waals surface area (Å²) in [5, 5.41) is 12.2. The molecule has 8 rings (SSSR count). The Morgan fingerprint density at radius 2 is 1.36 bits per heavy atom. The van der Waals surface area contributed by atoms with Crippen molar-refractivity contribution in [2.45, 2.75) is 71.0 Å². The molecule has 0 radical (unpaired) electrons. The van der Waals surface area contributed by atoms with Crippen molar-refractivity contribution in [1.82, 2.24) is 15.1 Å². The van der Waals surface area contributed by atoms with Gasteiger partial charge in [-0.2, -0.15) is 0 Å². The number of amides is 4. The normalized spacial score (nSPS) is 22.3. The number of carbonyl (C=O) groups is 4. The highest BCUT2D eigenvalue weighted by atomic mass is 19.1. The molecule has 300 valence electrons. The second kappa shape index (κ2) is 16.2. The van der Waals surface area contributed by atoms with Crippen molar-refractivity contribution in [2.24, 2.45) is 5.92 Å². The summed E-state index contributed by atoms with van der Waals surface area (Å²) in [5.74, 6) is -2.29. The maximum Gasteiger partial charge on any atom is 0.262 e. The number of benzene rings is 4. The second-order valence-corrected chi connectivity index (χ2v) is 16.2. The van der Waals surface area contributed by atoms with Crippen LogP contribution >= 0.6 is 0 Å². The quantitative estimate of drug-likeness (QED) is 0.136. The van der Waals surface area contributed by atoms with E-state index in [2.05, 4.69) is 84.4 Å². The highest BCUT2D eigenvalue weighted by Gasteiger charge is 2.45. The number of phenolic OH excluding ortho intramolecular Hbond substituents is 1. The summed E-state index contributed by atoms with van der Waals surface area (Å²) in [6.45, 7) is 10.5. The zero-order valence-corrected chi connectivity index (χ0v) is 33.3. The van der Waals surface area contributed by atoms with Crippen LogP contribution in [0.3, 0.4) is 0 Å². The summed E-state index contributed by atoms with van der Waals surface area (Å²) >= 11 is 0. The number of piperazine rings is 1. The van der Waals surface area contributed by atoms with Gasteiger partial charge in [-0.3, -0.25) is 34.3 Å². The Bertz CT molecular complexity index is 2240. The summed E-state index contributed by atoms with van der Waals surface area (Å²) in [7, 11) is 0. The van der Waals surface area contributed by atoms with E-state index in [1.54, 1.807) is 12.1 Å². The fraction of sp³-hybridized carbons (Fsp3) is 0.362. The Morgan fingerprint density at radius 3 is 1.97 bits per heavy atom. The third-order valence-corrected chi connectivity index (χ3v) is 12.5. The SMILES string of the molecule is CCC(=C(c1ccc(O)cc1)c1ccc(N2CCC(CN3C(C)CN(c4cc5c(cc4F)C(=O)N(C4CCC(=O)NC4=O)C5=O)CC3C)CC2)cc1)c1ccccc1. The Hall–Kier alpha value is -5.81. The zero-order chi connectivity index (χ0) is 40.7. The van der Waals surface area contributed by atoms with E-state index in [-0.39, 0.29) is 47.5 Å². The number of fused-ring (bicyclic) bond motifs is 1. The van der Waals surface area contributed by atoms with E-state index in [0.29, 0.717) is 19.0 Å². The van der Waals surface area contributed by atoms with Crippen LogP contribution in [-0.2, 0) is 9.59 Å². The smallest absolute Gasteiger partial charge is 0.262 e. The third kappa shape index (κ3) is 7.51. The molecule has 11 heteroatoms. The van der Waals surface area contributed by atoms with Crippen molar-refractivity contribution in [3.63, 3.8) is 0 Å². The Balaban J connectivity index is 0.904. The summed E-state index contributed by atoms with van der Waals surface area (Å²) in [6, 6.07) is 28.6. The van der Waals surface area contributed by atoms with Crippen molar-refractivity contribution in [2.75, 3.05) is 42.5 Å². The molecule has 10 nitrogen and oxygen atoms in total. The van der Waals surface area contributed by atoms with Crippen LogP contribution in [0.5, 0.6) is 5.75 Å². The number of imide groups is 2. The molecule has 4 amide bonds. The zero-order valence-electron chi connectivity index (χ0n) is 33.3. The lowest BCUT2D eigenvalue weighted by atomic mass is 9.88. The lowest BCUT2D eigenvalue weighted by Crippen LogP contribution is -2.58. The molecule has 3 unspecified atom stereocenters. The summed E-state index contributed by atoms with van der Waals surface area (Å²) in [4.78, 5) is 58.7. The fourth-order valence-corrected chi connectivity index (χ4v) is 9.45. The van der Waals surface area contributed by atoms with E-state index in [1.807, 2.05) is 23.1 Å². The number of nitrogens with zero attached hydrogens (tertiary/aromatic N) is 4. The fourth-order valence-electron chi connectivity index (χ4n) is 9.45. The number of carbonyl (C=O) groups excluding carboxylic acids is 4. The van der Waals surface area contributed by atoms with Gasteiger partial charge in [0.15, 0.2) is 0 Å². The molecule has 0 aromatic heterocycles. The lowest BCUT2D eigenvalue weighted by Gasteiger charge is -2.47. The number of halogens is 1. The van der Waals surface area contributed by atoms with Gasteiger partial charge in [-0.25, -0.2) is 4.39 Å². The molecular weight excluding hydrogens is 734 g/mol. The highest BCUT2D eigenvalue weighted by molar-refractivity contribution is 6.23. The van der Waals surface area contributed by atoms with Gasteiger partial charge < -0.3 is 14.9 Å². The van der Waals surface area contributed by atoms with E-state index < -0.39 is 35.5 Å². The molecule has 0 saturated carbocycles. The highest BCUT2D eigenvalue weighted by Crippen LogP contribution is 2.38. The van der Waals surface area contributed by atoms with E-state index >= 15 is 4.39 Å². The number of rotatable bonds is 9. The summed E-state index contributed by atoms with van der Waals surface area (Å²) < 4.78 is 15.7. The predicted octanol–water partition coefficient (Wildman–Crippen LogP) is 7.12. The standard InChI is InChI=1S/C47H50FN5O5/c1-4-37(32-8-6-5-7-9-32)44(34-12-16-36(54)17-13-34)33-10-14-35(15-11-33)50-22-20-31(21-23-50)28-52-29(2)26-51(27-30(52)3)42-25-39-38(24-40(42)48)46(57)53(47(39)58)41-18-19-43(55)49-45(41)56/h5-17,24-25,29-31,41,54H,4,18-23,26-28H2,1-3H3,(H,49,55,56). The van der Waals surface area contributed by atoms with Crippen molar-refractivity contribution in [3.8, 4) is 5.75 Å². The number of phenols is 1. The van der Waals surface area contributed by atoms with Crippen LogP contribution in [0.1, 0.15) is 90.3 Å². The molecular formula is C47H50FN5O5. The molecule has 4 aliphatic rings. The maximum atomic E-state index is 15.7. The Morgan fingerprint density at radius 1 is 0.759 bits per heavy atom. The number of hydrogen-bond acceptors (Lipinski definition) is 8. The van der Waals surface area contributed by atoms with E-state index in [0.717, 1.165) is 61.0 Å². The van der Waals surface area contributed by atoms with Gasteiger partial charge >= 0.3 is 0 Å². The average Bonchev–Trinajstić information content (AvgIpc) is 3.46. The van der Waals surface area contributed by atoms with Crippen LogP contribution in [-0.4, -0.2) is 89.4 Å². The average molecular weight is 784 g/mol. The summed E-state index contributed by atoms with van der Waals surface area (Å²) in [6.07, 6.45) is 3.06. The molecule has 3 fully saturated rings. The van der Waals surface area contributed by atoms with Crippen molar-refractivity contribution in [1.29, 1.82) is 0 Å². The first-order valence-electron chi connectivity index (χ1n) is 20.5. The molecule has 4 aromatic carbocycles. The lowest BCUT2D eigenvalue weighted by molar-refractivity contribution is -0.136. The Labute approximate surface area is 338 Å². The third-order valence-electron chi connectivity index (χ3n) is 12.5. The monoisotopic (exact) mass is 783 g/mol. The molecule has 4 heterocycles. The van der Waals surface area contributed by atoms with Crippen molar-refractivity contribution in [3.05, 3.63) is 125 Å². The van der Waals surface area contributed by atoms with Gasteiger partial charge in [-0.05, 0) is 110 Å². The molecule has 0 spiro atoms. The van der Waals surface area contributed by atoms with E-state index in [1.165, 1.54) is 28.5 Å². The van der Waals surface area contributed by atoms with Crippen LogP contribution < -0.4 is 15.1 Å². The number of piperidine rings is 2. The first kappa shape index (κ1) is 39.0. The number of anilines is 2. The molecule has 0 aliphatic carbocycles. The van der Waals surface area contributed by atoms with Gasteiger partial charge in [0.2, 0.25) is 11.8 Å². The minimum absolute atomic E-state index is 0.0225. The first-order chi connectivity index (χ1) is 28.0. The number of allylic oxidation sites excluding steroid dienone is 1. The van der Waals surface area contributed by atoms with Gasteiger partial charge in [-0.1, -0.05) is 61.5 Å². The van der Waals surface area contributed by atoms with E-state index in [4.69, 9.17) is 0 Å². The van der Waals surface area contributed by atoms with Gasteiger partial charge in [0.25, 0.3) is 11.8 Å². The number of hydrogen-bond donors (Lipinski definition) is 2. The van der Waals surface area contributed by atoms with Crippen LogP contribution in [0.2, 0.25) is 0 Å². The first-order valence-corrected chi connectivity index (χ1v) is 20.5. The summed E-state index contributed by atoms with van der Waals surface area (Å²) in [5.41, 5.74) is 7.34. The van der Waals surface area contributed by atoms with Gasteiger partial charge in [0.05, 0.1) is 16.8 Å². The van der Waals surface area contributed by atoms with E-state index in [9.17, 15) is 24.3 Å². The van der Waals surface area contributed by atoms with Crippen LogP contribution in [0, 0.1) is 11.7 Å². The number of nitrogens with one attached hydrogen (secondary N) is 1. The van der Waals surface area contributed by atoms with Gasteiger partial charge in [-0.15, -0.1) is 0 Å². The molecule has 4 aromatic rings. The minimum atomic E-state index is -1.10. The topological polar surface area (TPSA) is 114 Å². The van der Waals surface area contributed by atoms with Crippen molar-refractivity contribution >= 4 is 46.1 Å². The van der Waals surface area contributed by atoms with Crippen LogP contribution in [0.15, 0.2) is 91.0 Å². The maximum absolute atomic E-state index is 15.7. The molecule has 4 aliphatic heterocycles. The van der Waals surface area contributed by atoms with Gasteiger partial charge in [0, 0.05) is 56.9 Å². The minimum Gasteiger partial charge on any atom is -0.508 e. The van der Waals surface area contributed by atoms with Crippen LogP contribution in [0.25, 0.3) is 11.1 Å². The molecule has 0 bridgehead atoms. The van der Waals surface area contributed by atoms with Gasteiger partial charge in [0.1, 0.15) is 17.6 Å². The molecule has 58 heavy (non-hydrogen) atoms. The molecule has 3 atom stereocenters. The number of aromatic hydroxyl groups is 1. The Kier molecular flexibility index (Phi) is 10.9. The van der Waals surface area contributed by atoms with Crippen molar-refractivity contribution < 1.29 is 28.7 Å². The predicted molar refractivity (Wildman–Crippen MR) is 223 cm³/mol. The second-order valence-electron chi connectivity index (χ2n) is 16.2. The largest absolute Gasteiger partial charge is 0.508 e. The molecule has 2 N–H and O–H groups in total. The molecule has 3 saturated heterocycles.